The van der Waals surface area contributed by atoms with Crippen molar-refractivity contribution in [2.24, 2.45) is 4.40 Å². The molecule has 138 valence electrons. The second kappa shape index (κ2) is 8.57. The molecule has 0 saturated heterocycles. The van der Waals surface area contributed by atoms with Crippen molar-refractivity contribution in [3.05, 3.63) is 81.9 Å². The molecule has 0 bridgehead atoms. The first-order valence-electron chi connectivity index (χ1n) is 7.87. The van der Waals surface area contributed by atoms with Crippen molar-refractivity contribution in [2.75, 3.05) is 19.9 Å². The van der Waals surface area contributed by atoms with Crippen LogP contribution in [0.5, 0.6) is 0 Å². The highest BCUT2D eigenvalue weighted by Gasteiger charge is 2.34. The first-order valence-corrected chi connectivity index (χ1v) is 9.72. The number of nitrogens with zero attached hydrogens (tertiary/aromatic N) is 2. The highest BCUT2D eigenvalue weighted by atomic mass is 32.2. The molecule has 2 aromatic carbocycles. The summed E-state index contributed by atoms with van der Waals surface area (Å²) in [7, 11) is -2.43. The van der Waals surface area contributed by atoms with Crippen molar-refractivity contribution >= 4 is 15.9 Å². The zero-order valence-corrected chi connectivity index (χ0v) is 15.3. The molecular weight excluding hydrogens is 356 g/mol. The minimum absolute atomic E-state index is 0.0746. The second-order valence-electron chi connectivity index (χ2n) is 5.79. The van der Waals surface area contributed by atoms with Gasteiger partial charge in [0.1, 0.15) is 0 Å². The van der Waals surface area contributed by atoms with Crippen molar-refractivity contribution in [1.29, 1.82) is 0 Å². The van der Waals surface area contributed by atoms with E-state index in [0.717, 1.165) is 6.26 Å². The molecule has 0 aliphatic carbocycles. The largest absolute Gasteiger partial charge is 0.483 e. The van der Waals surface area contributed by atoms with Crippen molar-refractivity contribution in [1.82, 2.24) is 0 Å². The molecule has 2 atom stereocenters. The highest BCUT2D eigenvalue weighted by Crippen LogP contribution is 2.35. The number of ether oxygens (including phenoxy) is 1. The van der Waals surface area contributed by atoms with Gasteiger partial charge in [0.15, 0.2) is 0 Å². The number of hydrogen-bond donors (Lipinski definition) is 0. The Morgan fingerprint density at radius 2 is 1.58 bits per heavy atom. The topological polar surface area (TPSA) is 98.9 Å². The predicted octanol–water partition coefficient (Wildman–Crippen LogP) is 2.84. The lowest BCUT2D eigenvalue weighted by atomic mass is 9.81. The lowest BCUT2D eigenvalue weighted by Crippen LogP contribution is -2.28. The Bertz CT molecular complexity index is 867. The fourth-order valence-corrected chi connectivity index (χ4v) is 3.37. The minimum Gasteiger partial charge on any atom is -0.483 e. The van der Waals surface area contributed by atoms with E-state index in [2.05, 4.69) is 4.40 Å². The Kier molecular flexibility index (Phi) is 6.46. The summed E-state index contributed by atoms with van der Waals surface area (Å²) in [5.74, 6) is -1.44. The quantitative estimate of drug-likeness (QED) is 0.320. The monoisotopic (exact) mass is 376 g/mol. The molecule has 7 nitrogen and oxygen atoms in total. The Morgan fingerprint density at radius 1 is 1.08 bits per heavy atom. The van der Waals surface area contributed by atoms with Gasteiger partial charge in [0.05, 0.1) is 25.2 Å². The van der Waals surface area contributed by atoms with Gasteiger partial charge in [-0.1, -0.05) is 60.7 Å². The van der Waals surface area contributed by atoms with Gasteiger partial charge < -0.3 is 4.74 Å². The van der Waals surface area contributed by atoms with Gasteiger partial charge in [-0.15, -0.1) is 4.40 Å². The van der Waals surface area contributed by atoms with E-state index in [9.17, 15) is 18.5 Å². The summed E-state index contributed by atoms with van der Waals surface area (Å²) in [6.45, 7) is -0.393. The number of benzene rings is 2. The summed E-state index contributed by atoms with van der Waals surface area (Å²) < 4.78 is 32.4. The third-order valence-electron chi connectivity index (χ3n) is 3.87. The number of hydrogen-bond acceptors (Lipinski definition) is 5. The molecule has 0 amide bonds. The zero-order valence-electron chi connectivity index (χ0n) is 14.5. The molecule has 0 spiro atoms. The van der Waals surface area contributed by atoms with Crippen LogP contribution in [0.15, 0.2) is 65.1 Å². The maximum absolute atomic E-state index is 11.7. The number of methoxy groups -OCH3 is 1. The smallest absolute Gasteiger partial charge is 0.253 e. The SMILES string of the molecule is CO/C(=N/S(C)(=O)=O)[C@H](c1ccccc1)[C@H](C[N+](=O)[O-])c1ccccc1. The van der Waals surface area contributed by atoms with E-state index in [4.69, 9.17) is 4.74 Å². The Morgan fingerprint density at radius 3 is 2.00 bits per heavy atom. The van der Waals surface area contributed by atoms with Crippen molar-refractivity contribution in [3.8, 4) is 0 Å². The molecule has 2 rings (SSSR count). The van der Waals surface area contributed by atoms with Crippen LogP contribution in [0.1, 0.15) is 23.0 Å². The lowest BCUT2D eigenvalue weighted by molar-refractivity contribution is -0.483. The average molecular weight is 376 g/mol. The van der Waals surface area contributed by atoms with Crippen LogP contribution in [0.3, 0.4) is 0 Å². The van der Waals surface area contributed by atoms with Crippen molar-refractivity contribution < 1.29 is 18.1 Å². The van der Waals surface area contributed by atoms with Gasteiger partial charge >= 0.3 is 0 Å². The lowest BCUT2D eigenvalue weighted by Gasteiger charge is -2.25. The summed E-state index contributed by atoms with van der Waals surface area (Å²) in [6.07, 6.45) is 0.957. The standard InChI is InChI=1S/C18H20N2O5S/c1-25-18(19-26(2,23)24)17(15-11-7-4-8-12-15)16(13-20(21)22)14-9-5-3-6-10-14/h3-12,16-17H,13H2,1-2H3/b19-18+/t16-,17-/m1/s1. The molecule has 0 aliphatic heterocycles. The molecular formula is C18H20N2O5S. The normalized spacial score (nSPS) is 14.5. The number of sulfonamides is 1. The van der Waals surface area contributed by atoms with Gasteiger partial charge in [-0.25, -0.2) is 8.42 Å². The van der Waals surface area contributed by atoms with Gasteiger partial charge in [-0.05, 0) is 11.1 Å². The van der Waals surface area contributed by atoms with Crippen LogP contribution >= 0.6 is 0 Å². The number of nitro groups is 1. The van der Waals surface area contributed by atoms with Crippen LogP contribution in [0.4, 0.5) is 0 Å². The van der Waals surface area contributed by atoms with E-state index in [1.807, 2.05) is 12.1 Å². The molecule has 26 heavy (non-hydrogen) atoms. The summed E-state index contributed by atoms with van der Waals surface area (Å²) in [6, 6.07) is 17.9. The zero-order chi connectivity index (χ0) is 19.2. The van der Waals surface area contributed by atoms with Gasteiger partial charge in [0, 0.05) is 4.92 Å². The molecule has 0 aromatic heterocycles. The van der Waals surface area contributed by atoms with Crippen molar-refractivity contribution in [3.63, 3.8) is 0 Å². The second-order valence-corrected chi connectivity index (χ2v) is 7.44. The Labute approximate surface area is 152 Å². The minimum atomic E-state index is -3.74. The van der Waals surface area contributed by atoms with E-state index in [1.165, 1.54) is 7.11 Å². The summed E-state index contributed by atoms with van der Waals surface area (Å²) in [5.41, 5.74) is 1.39. The molecule has 0 radical (unpaired) electrons. The first-order chi connectivity index (χ1) is 12.3. The van der Waals surface area contributed by atoms with Gasteiger partial charge in [-0.2, -0.15) is 0 Å². The molecule has 0 N–H and O–H groups in total. The Hall–Kier alpha value is -2.74. The molecule has 2 aromatic rings. The van der Waals surface area contributed by atoms with Crippen LogP contribution < -0.4 is 0 Å². The fourth-order valence-electron chi connectivity index (χ4n) is 2.86. The van der Waals surface area contributed by atoms with Crippen LogP contribution in [0.2, 0.25) is 0 Å². The van der Waals surface area contributed by atoms with E-state index in [-0.39, 0.29) is 5.90 Å². The van der Waals surface area contributed by atoms with E-state index in [0.29, 0.717) is 11.1 Å². The van der Waals surface area contributed by atoms with Gasteiger partial charge in [-0.3, -0.25) is 10.1 Å². The molecule has 0 fully saturated rings. The molecule has 8 heteroatoms. The Balaban J connectivity index is 2.67. The third-order valence-corrected chi connectivity index (χ3v) is 4.38. The van der Waals surface area contributed by atoms with Crippen molar-refractivity contribution in [2.45, 2.75) is 11.8 Å². The van der Waals surface area contributed by atoms with Crippen LogP contribution in [0, 0.1) is 10.1 Å². The van der Waals surface area contributed by atoms with Gasteiger partial charge in [0.25, 0.3) is 10.0 Å². The molecule has 0 saturated carbocycles. The van der Waals surface area contributed by atoms with E-state index in [1.54, 1.807) is 48.5 Å². The third kappa shape index (κ3) is 5.38. The molecule has 0 heterocycles. The summed E-state index contributed by atoms with van der Waals surface area (Å²) in [5, 5.41) is 11.3. The highest BCUT2D eigenvalue weighted by molar-refractivity contribution is 7.89. The van der Waals surface area contributed by atoms with E-state index < -0.39 is 33.3 Å². The maximum atomic E-state index is 11.7. The number of rotatable bonds is 7. The van der Waals surface area contributed by atoms with Crippen LogP contribution in [-0.4, -0.2) is 39.1 Å². The molecule has 0 aliphatic rings. The maximum Gasteiger partial charge on any atom is 0.253 e. The fraction of sp³-hybridized carbons (Fsp3) is 0.278. The average Bonchev–Trinajstić information content (AvgIpc) is 2.60. The summed E-state index contributed by atoms with van der Waals surface area (Å²) in [4.78, 5) is 10.9. The van der Waals surface area contributed by atoms with Crippen LogP contribution in [-0.2, 0) is 14.8 Å². The summed E-state index contributed by atoms with van der Waals surface area (Å²) >= 11 is 0. The van der Waals surface area contributed by atoms with E-state index >= 15 is 0 Å². The van der Waals surface area contributed by atoms with Gasteiger partial charge in [0.2, 0.25) is 12.4 Å². The first kappa shape index (κ1) is 19.6. The predicted molar refractivity (Wildman–Crippen MR) is 99.5 cm³/mol. The van der Waals surface area contributed by atoms with Crippen LogP contribution in [0.25, 0.3) is 0 Å². The molecule has 0 unspecified atom stereocenters.